The summed E-state index contributed by atoms with van der Waals surface area (Å²) < 4.78 is 1.51. The van der Waals surface area contributed by atoms with Gasteiger partial charge in [0.1, 0.15) is 10.8 Å². The number of amides is 1. The van der Waals surface area contributed by atoms with Crippen LogP contribution >= 0.6 is 11.6 Å². The lowest BCUT2D eigenvalue weighted by molar-refractivity contribution is 0.0933. The molecule has 25 heavy (non-hydrogen) atoms. The van der Waals surface area contributed by atoms with E-state index in [0.717, 1.165) is 16.6 Å². The highest BCUT2D eigenvalue weighted by Crippen LogP contribution is 2.22. The average Bonchev–Trinajstić information content (AvgIpc) is 3.16. The largest absolute Gasteiger partial charge is 0.341 e. The van der Waals surface area contributed by atoms with Crippen molar-refractivity contribution in [2.75, 3.05) is 0 Å². The van der Waals surface area contributed by atoms with Gasteiger partial charge in [-0.2, -0.15) is 5.10 Å². The van der Waals surface area contributed by atoms with Crippen molar-refractivity contribution in [2.24, 2.45) is 0 Å². The third-order valence-corrected chi connectivity index (χ3v) is 4.27. The predicted molar refractivity (Wildman–Crippen MR) is 94.7 cm³/mol. The van der Waals surface area contributed by atoms with E-state index in [1.165, 1.54) is 4.52 Å². The van der Waals surface area contributed by atoms with Gasteiger partial charge in [-0.3, -0.25) is 4.79 Å². The second kappa shape index (κ2) is 5.86. The molecule has 0 saturated carbocycles. The summed E-state index contributed by atoms with van der Waals surface area (Å²) in [7, 11) is 0. The molecule has 0 bridgehead atoms. The molecule has 2 N–H and O–H groups in total. The van der Waals surface area contributed by atoms with Crippen molar-refractivity contribution in [2.45, 2.75) is 19.9 Å². The zero-order valence-corrected chi connectivity index (χ0v) is 14.4. The van der Waals surface area contributed by atoms with Crippen molar-refractivity contribution in [3.63, 3.8) is 0 Å². The zero-order valence-electron chi connectivity index (χ0n) is 13.6. The van der Waals surface area contributed by atoms with Gasteiger partial charge in [0.25, 0.3) is 5.91 Å². The highest BCUT2D eigenvalue weighted by molar-refractivity contribution is 6.36. The molecule has 1 aromatic carbocycles. The maximum atomic E-state index is 12.6. The number of aromatic amines is 1. The van der Waals surface area contributed by atoms with Crippen LogP contribution in [-0.4, -0.2) is 30.5 Å². The summed E-state index contributed by atoms with van der Waals surface area (Å²) in [6.07, 6.45) is 3.45. The molecule has 1 amide bonds. The minimum Gasteiger partial charge on any atom is -0.341 e. The van der Waals surface area contributed by atoms with Crippen LogP contribution in [-0.2, 0) is 0 Å². The summed E-state index contributed by atoms with van der Waals surface area (Å²) in [6, 6.07) is 7.38. The number of hydrogen-bond acceptors (Lipinski definition) is 4. The maximum Gasteiger partial charge on any atom is 0.274 e. The SMILES string of the molecule is Cc1cnc2c(Cl)c(C(=O)NC(C)c3nc4ccccc4[nH]3)nn2c1. The number of H-pyrrole nitrogens is 1. The zero-order chi connectivity index (χ0) is 17.6. The molecule has 0 aliphatic heterocycles. The molecule has 3 heterocycles. The number of rotatable bonds is 3. The van der Waals surface area contributed by atoms with Crippen LogP contribution in [0.5, 0.6) is 0 Å². The number of benzene rings is 1. The molecule has 0 fully saturated rings. The van der Waals surface area contributed by atoms with E-state index in [-0.39, 0.29) is 22.7 Å². The van der Waals surface area contributed by atoms with Crippen LogP contribution < -0.4 is 5.32 Å². The van der Waals surface area contributed by atoms with Crippen molar-refractivity contribution in [1.82, 2.24) is 29.9 Å². The van der Waals surface area contributed by atoms with Crippen LogP contribution in [0.1, 0.15) is 34.8 Å². The summed E-state index contributed by atoms with van der Waals surface area (Å²) >= 11 is 6.27. The Morgan fingerprint density at radius 3 is 2.96 bits per heavy atom. The van der Waals surface area contributed by atoms with Crippen LogP contribution in [0, 0.1) is 6.92 Å². The number of imidazole rings is 1. The van der Waals surface area contributed by atoms with Gasteiger partial charge >= 0.3 is 0 Å². The van der Waals surface area contributed by atoms with E-state index in [1.54, 1.807) is 12.4 Å². The van der Waals surface area contributed by atoms with E-state index in [0.29, 0.717) is 11.5 Å². The predicted octanol–water partition coefficient (Wildman–Crippen LogP) is 3.06. The standard InChI is InChI=1S/C17H15ClN6O/c1-9-7-19-16-13(18)14(23-24(16)8-9)17(25)20-10(2)15-21-11-5-3-4-6-12(11)22-15/h3-8,10H,1-2H3,(H,20,25)(H,21,22). The highest BCUT2D eigenvalue weighted by atomic mass is 35.5. The smallest absolute Gasteiger partial charge is 0.274 e. The number of carbonyl (C=O) groups is 1. The van der Waals surface area contributed by atoms with Gasteiger partial charge in [-0.05, 0) is 31.5 Å². The Hall–Kier alpha value is -2.93. The molecule has 3 aromatic heterocycles. The molecular formula is C17H15ClN6O. The van der Waals surface area contributed by atoms with Gasteiger partial charge in [0.2, 0.25) is 0 Å². The fraction of sp³-hybridized carbons (Fsp3) is 0.176. The number of nitrogens with one attached hydrogen (secondary N) is 2. The average molecular weight is 355 g/mol. The summed E-state index contributed by atoms with van der Waals surface area (Å²) in [5.74, 6) is 0.296. The van der Waals surface area contributed by atoms with E-state index in [9.17, 15) is 4.79 Å². The van der Waals surface area contributed by atoms with E-state index in [1.807, 2.05) is 38.1 Å². The molecule has 4 rings (SSSR count). The molecule has 1 atom stereocenters. The number of nitrogens with zero attached hydrogens (tertiary/aromatic N) is 4. The van der Waals surface area contributed by atoms with Gasteiger partial charge in [-0.15, -0.1) is 0 Å². The number of aryl methyl sites for hydroxylation is 1. The Labute approximate surface area is 148 Å². The molecular weight excluding hydrogens is 340 g/mol. The van der Waals surface area contributed by atoms with Crippen LogP contribution in [0.3, 0.4) is 0 Å². The fourth-order valence-electron chi connectivity index (χ4n) is 2.66. The van der Waals surface area contributed by atoms with Gasteiger partial charge in [-0.1, -0.05) is 23.7 Å². The van der Waals surface area contributed by atoms with Gasteiger partial charge in [0, 0.05) is 12.4 Å². The van der Waals surface area contributed by atoms with E-state index in [2.05, 4.69) is 25.4 Å². The van der Waals surface area contributed by atoms with E-state index in [4.69, 9.17) is 11.6 Å². The highest BCUT2D eigenvalue weighted by Gasteiger charge is 2.22. The molecule has 0 aliphatic carbocycles. The van der Waals surface area contributed by atoms with Crippen molar-refractivity contribution < 1.29 is 4.79 Å². The van der Waals surface area contributed by atoms with Crippen molar-refractivity contribution in [3.05, 3.63) is 58.8 Å². The summed E-state index contributed by atoms with van der Waals surface area (Å²) in [5.41, 5.74) is 3.29. The first-order chi connectivity index (χ1) is 12.0. The third-order valence-electron chi connectivity index (χ3n) is 3.93. The minimum absolute atomic E-state index is 0.141. The first kappa shape index (κ1) is 15.6. The molecule has 126 valence electrons. The number of para-hydroxylation sites is 2. The Bertz CT molecular complexity index is 1070. The molecule has 0 aliphatic rings. The molecule has 0 saturated heterocycles. The minimum atomic E-state index is -0.374. The lowest BCUT2D eigenvalue weighted by Crippen LogP contribution is -2.28. The Morgan fingerprint density at radius 2 is 2.16 bits per heavy atom. The maximum absolute atomic E-state index is 12.6. The van der Waals surface area contributed by atoms with Crippen molar-refractivity contribution in [3.8, 4) is 0 Å². The molecule has 1 unspecified atom stereocenters. The third kappa shape index (κ3) is 2.72. The van der Waals surface area contributed by atoms with Crippen LogP contribution in [0.4, 0.5) is 0 Å². The van der Waals surface area contributed by atoms with Crippen LogP contribution in [0.15, 0.2) is 36.7 Å². The molecule has 7 nitrogen and oxygen atoms in total. The number of halogens is 1. The Balaban J connectivity index is 1.62. The monoisotopic (exact) mass is 354 g/mol. The molecule has 4 aromatic rings. The summed E-state index contributed by atoms with van der Waals surface area (Å²) in [4.78, 5) is 24.5. The fourth-order valence-corrected chi connectivity index (χ4v) is 2.92. The van der Waals surface area contributed by atoms with E-state index >= 15 is 0 Å². The Morgan fingerprint density at radius 1 is 1.36 bits per heavy atom. The molecule has 0 radical (unpaired) electrons. The van der Waals surface area contributed by atoms with Crippen LogP contribution in [0.25, 0.3) is 16.7 Å². The number of fused-ring (bicyclic) bond motifs is 2. The lowest BCUT2D eigenvalue weighted by atomic mass is 10.3. The lowest BCUT2D eigenvalue weighted by Gasteiger charge is -2.10. The second-order valence-corrected chi connectivity index (χ2v) is 6.27. The topological polar surface area (TPSA) is 88.0 Å². The number of hydrogen-bond donors (Lipinski definition) is 2. The Kier molecular flexibility index (Phi) is 3.65. The van der Waals surface area contributed by atoms with Gasteiger partial charge in [-0.25, -0.2) is 14.5 Å². The van der Waals surface area contributed by atoms with Crippen LogP contribution in [0.2, 0.25) is 5.02 Å². The van der Waals surface area contributed by atoms with Gasteiger partial charge in [0.05, 0.1) is 17.1 Å². The first-order valence-corrected chi connectivity index (χ1v) is 8.16. The van der Waals surface area contributed by atoms with Crippen molar-refractivity contribution >= 4 is 34.2 Å². The number of carbonyl (C=O) groups excluding carboxylic acids is 1. The summed E-state index contributed by atoms with van der Waals surface area (Å²) in [6.45, 7) is 3.74. The van der Waals surface area contributed by atoms with Gasteiger partial charge in [0.15, 0.2) is 11.3 Å². The molecule has 0 spiro atoms. The second-order valence-electron chi connectivity index (χ2n) is 5.90. The quantitative estimate of drug-likeness (QED) is 0.592. The summed E-state index contributed by atoms with van der Waals surface area (Å²) in [5, 5.41) is 7.34. The van der Waals surface area contributed by atoms with Gasteiger partial charge < -0.3 is 10.3 Å². The van der Waals surface area contributed by atoms with E-state index < -0.39 is 0 Å². The first-order valence-electron chi connectivity index (χ1n) is 7.79. The molecule has 8 heteroatoms. The normalized spacial score (nSPS) is 12.6. The number of aromatic nitrogens is 5. The van der Waals surface area contributed by atoms with Crippen molar-refractivity contribution in [1.29, 1.82) is 0 Å².